The summed E-state index contributed by atoms with van der Waals surface area (Å²) in [6.45, 7) is 2.48. The molecule has 1 atom stereocenters. The normalized spacial score (nSPS) is 21.2. The summed E-state index contributed by atoms with van der Waals surface area (Å²) in [5, 5.41) is 11.2. The van der Waals surface area contributed by atoms with Crippen LogP contribution in [0.15, 0.2) is 24.3 Å². The second-order valence-electron chi connectivity index (χ2n) is 7.10. The van der Waals surface area contributed by atoms with E-state index in [0.29, 0.717) is 13.1 Å². The number of carbonyl (C=O) groups is 2. The number of nitro groups is 1. The number of carbonyl (C=O) groups excluding carboxylic acids is 2. The molecule has 0 N–H and O–H groups in total. The molecule has 2 fully saturated rings. The van der Waals surface area contributed by atoms with Crippen LogP contribution in [-0.4, -0.2) is 52.7 Å². The highest BCUT2D eigenvalue weighted by Crippen LogP contribution is 2.25. The number of nitro benzene ring substituents is 1. The summed E-state index contributed by atoms with van der Waals surface area (Å²) in [7, 11) is 0. The molecule has 2 aliphatic rings. The molecule has 7 heteroatoms. The number of hydrogen-bond acceptors (Lipinski definition) is 4. The average molecular weight is 359 g/mol. The number of amides is 2. The van der Waals surface area contributed by atoms with E-state index in [9.17, 15) is 19.7 Å². The van der Waals surface area contributed by atoms with Crippen LogP contribution in [-0.2, 0) is 4.79 Å². The Morgan fingerprint density at radius 1 is 0.962 bits per heavy atom. The SMILES string of the molecule is O=C(c1ccccc1[N+](=O)[O-])N1CCCC(C(=O)N2CCCCCC2)C1. The van der Waals surface area contributed by atoms with Gasteiger partial charge in [0.05, 0.1) is 10.8 Å². The van der Waals surface area contributed by atoms with Gasteiger partial charge in [-0.15, -0.1) is 0 Å². The molecule has 0 radical (unpaired) electrons. The fourth-order valence-electron chi connectivity index (χ4n) is 3.90. The highest BCUT2D eigenvalue weighted by Gasteiger charge is 2.33. The van der Waals surface area contributed by atoms with E-state index >= 15 is 0 Å². The van der Waals surface area contributed by atoms with Crippen molar-refractivity contribution in [1.29, 1.82) is 0 Å². The van der Waals surface area contributed by atoms with Crippen LogP contribution in [0.5, 0.6) is 0 Å². The van der Waals surface area contributed by atoms with Gasteiger partial charge in [0, 0.05) is 32.2 Å². The molecule has 140 valence electrons. The number of piperidine rings is 1. The van der Waals surface area contributed by atoms with Crippen molar-refractivity contribution in [2.45, 2.75) is 38.5 Å². The molecule has 1 unspecified atom stereocenters. The fraction of sp³-hybridized carbons (Fsp3) is 0.579. The lowest BCUT2D eigenvalue weighted by Gasteiger charge is -2.34. The van der Waals surface area contributed by atoms with E-state index < -0.39 is 4.92 Å². The van der Waals surface area contributed by atoms with E-state index in [1.165, 1.54) is 12.1 Å². The van der Waals surface area contributed by atoms with E-state index in [1.54, 1.807) is 17.0 Å². The van der Waals surface area contributed by atoms with Gasteiger partial charge in [0.1, 0.15) is 5.56 Å². The number of likely N-dealkylation sites (tertiary alicyclic amines) is 2. The standard InChI is InChI=1S/C19H25N3O4/c23-18(20-11-5-1-2-6-12-20)15-8-7-13-21(14-15)19(24)16-9-3-4-10-17(16)22(25)26/h3-4,9-10,15H,1-2,5-8,11-14H2. The van der Waals surface area contributed by atoms with Crippen molar-refractivity contribution in [2.75, 3.05) is 26.2 Å². The van der Waals surface area contributed by atoms with Gasteiger partial charge in [0.25, 0.3) is 11.6 Å². The third-order valence-corrected chi connectivity index (χ3v) is 5.31. The highest BCUT2D eigenvalue weighted by atomic mass is 16.6. The van der Waals surface area contributed by atoms with Crippen molar-refractivity contribution >= 4 is 17.5 Å². The monoisotopic (exact) mass is 359 g/mol. The van der Waals surface area contributed by atoms with Crippen LogP contribution in [0.4, 0.5) is 5.69 Å². The summed E-state index contributed by atoms with van der Waals surface area (Å²) < 4.78 is 0. The molecule has 1 aromatic rings. The van der Waals surface area contributed by atoms with Crippen LogP contribution >= 0.6 is 0 Å². The van der Waals surface area contributed by atoms with Crippen LogP contribution in [0.1, 0.15) is 48.9 Å². The van der Waals surface area contributed by atoms with Gasteiger partial charge in [-0.1, -0.05) is 25.0 Å². The van der Waals surface area contributed by atoms with Crippen molar-refractivity contribution in [2.24, 2.45) is 5.92 Å². The average Bonchev–Trinajstić information content (AvgIpc) is 2.96. The van der Waals surface area contributed by atoms with Gasteiger partial charge in [0.2, 0.25) is 5.91 Å². The summed E-state index contributed by atoms with van der Waals surface area (Å²) in [4.78, 5) is 39.9. The molecule has 7 nitrogen and oxygen atoms in total. The zero-order valence-electron chi connectivity index (χ0n) is 14.9. The van der Waals surface area contributed by atoms with Gasteiger partial charge in [-0.2, -0.15) is 0 Å². The first kappa shape index (κ1) is 18.4. The zero-order chi connectivity index (χ0) is 18.5. The van der Waals surface area contributed by atoms with Gasteiger partial charge >= 0.3 is 0 Å². The van der Waals surface area contributed by atoms with Crippen LogP contribution < -0.4 is 0 Å². The molecule has 26 heavy (non-hydrogen) atoms. The van der Waals surface area contributed by atoms with Gasteiger partial charge in [-0.05, 0) is 31.7 Å². The quantitative estimate of drug-likeness (QED) is 0.614. The van der Waals surface area contributed by atoms with Gasteiger partial charge < -0.3 is 9.80 Å². The second-order valence-corrected chi connectivity index (χ2v) is 7.10. The molecular formula is C19H25N3O4. The molecule has 2 aliphatic heterocycles. The van der Waals surface area contributed by atoms with Crippen molar-refractivity contribution in [3.8, 4) is 0 Å². The third-order valence-electron chi connectivity index (χ3n) is 5.31. The first-order valence-electron chi connectivity index (χ1n) is 9.39. The summed E-state index contributed by atoms with van der Waals surface area (Å²) in [5.41, 5.74) is -0.0844. The van der Waals surface area contributed by atoms with E-state index in [4.69, 9.17) is 0 Å². The van der Waals surface area contributed by atoms with Crippen molar-refractivity contribution in [3.05, 3.63) is 39.9 Å². The van der Waals surface area contributed by atoms with Crippen molar-refractivity contribution < 1.29 is 14.5 Å². The molecule has 0 aliphatic carbocycles. The lowest BCUT2D eigenvalue weighted by atomic mass is 9.95. The number of rotatable bonds is 3. The van der Waals surface area contributed by atoms with Crippen molar-refractivity contribution in [1.82, 2.24) is 9.80 Å². The Hall–Kier alpha value is -2.44. The van der Waals surface area contributed by atoms with Crippen LogP contribution in [0.25, 0.3) is 0 Å². The molecular weight excluding hydrogens is 334 g/mol. The highest BCUT2D eigenvalue weighted by molar-refractivity contribution is 5.98. The van der Waals surface area contributed by atoms with Crippen LogP contribution in [0, 0.1) is 16.0 Å². The lowest BCUT2D eigenvalue weighted by Crippen LogP contribution is -2.47. The molecule has 0 aromatic heterocycles. The molecule has 3 rings (SSSR count). The molecule has 1 aromatic carbocycles. The first-order chi connectivity index (χ1) is 12.6. The summed E-state index contributed by atoms with van der Waals surface area (Å²) in [6.07, 6.45) is 5.93. The van der Waals surface area contributed by atoms with Gasteiger partial charge in [-0.3, -0.25) is 19.7 Å². The Bertz CT molecular complexity index is 683. The van der Waals surface area contributed by atoms with Gasteiger partial charge in [-0.25, -0.2) is 0 Å². The number of para-hydroxylation sites is 1. The number of hydrogen-bond donors (Lipinski definition) is 0. The maximum absolute atomic E-state index is 12.9. The van der Waals surface area contributed by atoms with Crippen molar-refractivity contribution in [3.63, 3.8) is 0 Å². The maximum atomic E-state index is 12.9. The molecule has 2 saturated heterocycles. The predicted octanol–water partition coefficient (Wildman–Crippen LogP) is 2.85. The Balaban J connectivity index is 1.71. The largest absolute Gasteiger partial charge is 0.342 e. The molecule has 0 spiro atoms. The van der Waals surface area contributed by atoms with Gasteiger partial charge in [0.15, 0.2) is 0 Å². The minimum atomic E-state index is -0.531. The van der Waals surface area contributed by atoms with E-state index in [0.717, 1.165) is 51.6 Å². The number of benzene rings is 1. The van der Waals surface area contributed by atoms with E-state index in [2.05, 4.69) is 0 Å². The maximum Gasteiger partial charge on any atom is 0.282 e. The Labute approximate surface area is 153 Å². The van der Waals surface area contributed by atoms with Crippen LogP contribution in [0.2, 0.25) is 0 Å². The Morgan fingerprint density at radius 3 is 2.31 bits per heavy atom. The Kier molecular flexibility index (Phi) is 5.85. The molecule has 2 heterocycles. The van der Waals surface area contributed by atoms with E-state index in [1.807, 2.05) is 4.90 Å². The second kappa shape index (κ2) is 8.29. The molecule has 2 amide bonds. The zero-order valence-corrected chi connectivity index (χ0v) is 14.9. The first-order valence-corrected chi connectivity index (χ1v) is 9.39. The van der Waals surface area contributed by atoms with Crippen LogP contribution in [0.3, 0.4) is 0 Å². The predicted molar refractivity (Wildman–Crippen MR) is 96.8 cm³/mol. The fourth-order valence-corrected chi connectivity index (χ4v) is 3.90. The summed E-state index contributed by atoms with van der Waals surface area (Å²) in [6, 6.07) is 6.01. The van der Waals surface area contributed by atoms with E-state index in [-0.39, 0.29) is 29.0 Å². The summed E-state index contributed by atoms with van der Waals surface area (Å²) in [5.74, 6) is -0.425. The minimum absolute atomic E-state index is 0.0976. The smallest absolute Gasteiger partial charge is 0.282 e. The summed E-state index contributed by atoms with van der Waals surface area (Å²) >= 11 is 0. The lowest BCUT2D eigenvalue weighted by molar-refractivity contribution is -0.385. The third kappa shape index (κ3) is 4.03. The topological polar surface area (TPSA) is 83.8 Å². The molecule has 0 saturated carbocycles. The minimum Gasteiger partial charge on any atom is -0.342 e. The Morgan fingerprint density at radius 2 is 1.62 bits per heavy atom. The number of nitrogens with zero attached hydrogens (tertiary/aromatic N) is 3. The molecule has 0 bridgehead atoms.